The standard InChI is InChI=1S/C16H21NO2/c1-2-11-19-15-9-6-10-17(13-15)16(18)12-14-7-4-3-5-8-14/h2-5,7-8,15H,1,6,9-13H2. The number of carbonyl (C=O) groups excluding carboxylic acids is 1. The van der Waals surface area contributed by atoms with Crippen molar-refractivity contribution >= 4 is 5.91 Å². The molecule has 1 heterocycles. The number of piperidine rings is 1. The molecule has 0 radical (unpaired) electrons. The van der Waals surface area contributed by atoms with Gasteiger partial charge in [0.1, 0.15) is 0 Å². The zero-order valence-corrected chi connectivity index (χ0v) is 11.3. The lowest BCUT2D eigenvalue weighted by atomic mass is 10.1. The molecule has 1 aliphatic heterocycles. The van der Waals surface area contributed by atoms with Crippen molar-refractivity contribution in [3.05, 3.63) is 48.6 Å². The van der Waals surface area contributed by atoms with Crippen molar-refractivity contribution in [1.29, 1.82) is 0 Å². The number of rotatable bonds is 5. The molecule has 1 aromatic carbocycles. The Hall–Kier alpha value is -1.61. The highest BCUT2D eigenvalue weighted by Crippen LogP contribution is 2.14. The quantitative estimate of drug-likeness (QED) is 0.760. The van der Waals surface area contributed by atoms with Crippen molar-refractivity contribution in [2.24, 2.45) is 0 Å². The third kappa shape index (κ3) is 4.21. The van der Waals surface area contributed by atoms with Gasteiger partial charge in [-0.1, -0.05) is 36.4 Å². The average Bonchev–Trinajstić information content (AvgIpc) is 2.46. The van der Waals surface area contributed by atoms with Gasteiger partial charge in [0.15, 0.2) is 0 Å². The van der Waals surface area contributed by atoms with Crippen molar-refractivity contribution in [2.45, 2.75) is 25.4 Å². The van der Waals surface area contributed by atoms with Crippen LogP contribution in [0.4, 0.5) is 0 Å². The van der Waals surface area contributed by atoms with Gasteiger partial charge >= 0.3 is 0 Å². The molecule has 1 aromatic rings. The molecule has 1 atom stereocenters. The van der Waals surface area contributed by atoms with Crippen LogP contribution in [0.2, 0.25) is 0 Å². The molecule has 19 heavy (non-hydrogen) atoms. The first-order valence-corrected chi connectivity index (χ1v) is 6.84. The molecule has 102 valence electrons. The SMILES string of the molecule is C=CCOC1CCCN(C(=O)Cc2ccccc2)C1. The minimum atomic E-state index is 0.159. The van der Waals surface area contributed by atoms with E-state index in [1.165, 1.54) is 0 Å². The second kappa shape index (κ2) is 7.10. The fourth-order valence-electron chi connectivity index (χ4n) is 2.39. The highest BCUT2D eigenvalue weighted by molar-refractivity contribution is 5.78. The molecule has 0 spiro atoms. The van der Waals surface area contributed by atoms with Crippen LogP contribution < -0.4 is 0 Å². The Morgan fingerprint density at radius 3 is 2.95 bits per heavy atom. The summed E-state index contributed by atoms with van der Waals surface area (Å²) in [7, 11) is 0. The van der Waals surface area contributed by atoms with Gasteiger partial charge in [0.25, 0.3) is 0 Å². The Morgan fingerprint density at radius 2 is 2.21 bits per heavy atom. The smallest absolute Gasteiger partial charge is 0.227 e. The summed E-state index contributed by atoms with van der Waals surface area (Å²) >= 11 is 0. The van der Waals surface area contributed by atoms with E-state index in [0.29, 0.717) is 19.6 Å². The molecule has 1 aliphatic rings. The topological polar surface area (TPSA) is 29.5 Å². The summed E-state index contributed by atoms with van der Waals surface area (Å²) in [5.41, 5.74) is 1.07. The molecule has 0 bridgehead atoms. The zero-order valence-electron chi connectivity index (χ0n) is 11.3. The van der Waals surface area contributed by atoms with Gasteiger partial charge in [-0.25, -0.2) is 0 Å². The van der Waals surface area contributed by atoms with E-state index in [1.807, 2.05) is 35.2 Å². The van der Waals surface area contributed by atoms with Gasteiger partial charge in [0, 0.05) is 13.1 Å². The molecule has 2 rings (SSSR count). The minimum absolute atomic E-state index is 0.159. The highest BCUT2D eigenvalue weighted by atomic mass is 16.5. The summed E-state index contributed by atoms with van der Waals surface area (Å²) in [5, 5.41) is 0. The maximum Gasteiger partial charge on any atom is 0.227 e. The Labute approximate surface area is 114 Å². The van der Waals surface area contributed by atoms with E-state index in [1.54, 1.807) is 6.08 Å². The van der Waals surface area contributed by atoms with Crippen LogP contribution in [-0.2, 0) is 16.0 Å². The fourth-order valence-corrected chi connectivity index (χ4v) is 2.39. The van der Waals surface area contributed by atoms with Gasteiger partial charge in [-0.15, -0.1) is 6.58 Å². The summed E-state index contributed by atoms with van der Waals surface area (Å²) in [6.07, 6.45) is 4.44. The van der Waals surface area contributed by atoms with Gasteiger partial charge in [-0.3, -0.25) is 4.79 Å². The second-order valence-electron chi connectivity index (χ2n) is 4.89. The van der Waals surface area contributed by atoms with Crippen LogP contribution in [0, 0.1) is 0 Å². The predicted molar refractivity (Wildman–Crippen MR) is 75.9 cm³/mol. The number of carbonyl (C=O) groups is 1. The zero-order chi connectivity index (χ0) is 13.5. The van der Waals surface area contributed by atoms with Gasteiger partial charge in [0.05, 0.1) is 19.1 Å². The van der Waals surface area contributed by atoms with Crippen LogP contribution in [0.25, 0.3) is 0 Å². The molecule has 1 fully saturated rings. The van der Waals surface area contributed by atoms with E-state index in [4.69, 9.17) is 4.74 Å². The fraction of sp³-hybridized carbons (Fsp3) is 0.438. The third-order valence-corrected chi connectivity index (χ3v) is 3.38. The van der Waals surface area contributed by atoms with Crippen LogP contribution in [0.3, 0.4) is 0 Å². The minimum Gasteiger partial charge on any atom is -0.372 e. The molecule has 0 N–H and O–H groups in total. The van der Waals surface area contributed by atoms with E-state index < -0.39 is 0 Å². The number of likely N-dealkylation sites (tertiary alicyclic amines) is 1. The number of hydrogen-bond acceptors (Lipinski definition) is 2. The summed E-state index contributed by atoms with van der Waals surface area (Å²) in [6, 6.07) is 9.89. The van der Waals surface area contributed by atoms with Crippen molar-refractivity contribution in [3.8, 4) is 0 Å². The Kier molecular flexibility index (Phi) is 5.16. The number of nitrogens with zero attached hydrogens (tertiary/aromatic N) is 1. The first-order valence-electron chi connectivity index (χ1n) is 6.84. The van der Waals surface area contributed by atoms with Gasteiger partial charge in [0.2, 0.25) is 5.91 Å². The number of ether oxygens (including phenoxy) is 1. The van der Waals surface area contributed by atoms with Crippen LogP contribution in [0.5, 0.6) is 0 Å². The average molecular weight is 259 g/mol. The van der Waals surface area contributed by atoms with E-state index in [2.05, 4.69) is 6.58 Å². The number of benzene rings is 1. The van der Waals surface area contributed by atoms with Crippen molar-refractivity contribution in [3.63, 3.8) is 0 Å². The van der Waals surface area contributed by atoms with Crippen LogP contribution in [-0.4, -0.2) is 36.6 Å². The summed E-state index contributed by atoms with van der Waals surface area (Å²) in [6.45, 7) is 5.77. The number of hydrogen-bond donors (Lipinski definition) is 0. The molecule has 0 aromatic heterocycles. The Morgan fingerprint density at radius 1 is 1.42 bits per heavy atom. The van der Waals surface area contributed by atoms with Crippen LogP contribution >= 0.6 is 0 Å². The normalized spacial score (nSPS) is 19.2. The maximum absolute atomic E-state index is 12.2. The molecule has 1 amide bonds. The van der Waals surface area contributed by atoms with Crippen LogP contribution in [0.15, 0.2) is 43.0 Å². The maximum atomic E-state index is 12.2. The van der Waals surface area contributed by atoms with Crippen molar-refractivity contribution in [2.75, 3.05) is 19.7 Å². The highest BCUT2D eigenvalue weighted by Gasteiger charge is 2.23. The van der Waals surface area contributed by atoms with Crippen molar-refractivity contribution in [1.82, 2.24) is 4.90 Å². The Bertz CT molecular complexity index is 416. The van der Waals surface area contributed by atoms with E-state index in [-0.39, 0.29) is 12.0 Å². The lowest BCUT2D eigenvalue weighted by Gasteiger charge is -2.32. The van der Waals surface area contributed by atoms with E-state index >= 15 is 0 Å². The third-order valence-electron chi connectivity index (χ3n) is 3.38. The molecule has 1 unspecified atom stereocenters. The van der Waals surface area contributed by atoms with Gasteiger partial charge < -0.3 is 9.64 Å². The Balaban J connectivity index is 1.86. The summed E-state index contributed by atoms with van der Waals surface area (Å²) in [4.78, 5) is 14.2. The predicted octanol–water partition coefficient (Wildman–Crippen LogP) is 2.42. The molecular formula is C16H21NO2. The van der Waals surface area contributed by atoms with Crippen molar-refractivity contribution < 1.29 is 9.53 Å². The lowest BCUT2D eigenvalue weighted by molar-refractivity contribution is -0.134. The molecule has 1 saturated heterocycles. The van der Waals surface area contributed by atoms with Gasteiger partial charge in [-0.2, -0.15) is 0 Å². The largest absolute Gasteiger partial charge is 0.372 e. The molecule has 3 nitrogen and oxygen atoms in total. The summed E-state index contributed by atoms with van der Waals surface area (Å²) in [5.74, 6) is 0.193. The molecule has 3 heteroatoms. The van der Waals surface area contributed by atoms with E-state index in [0.717, 1.165) is 24.9 Å². The number of amides is 1. The van der Waals surface area contributed by atoms with E-state index in [9.17, 15) is 4.79 Å². The first-order chi connectivity index (χ1) is 9.29. The van der Waals surface area contributed by atoms with Crippen LogP contribution in [0.1, 0.15) is 18.4 Å². The van der Waals surface area contributed by atoms with Gasteiger partial charge in [-0.05, 0) is 18.4 Å². The molecular weight excluding hydrogens is 238 g/mol. The first kappa shape index (κ1) is 13.8. The lowest BCUT2D eigenvalue weighted by Crippen LogP contribution is -2.43. The molecule has 0 aliphatic carbocycles. The molecule has 0 saturated carbocycles. The monoisotopic (exact) mass is 259 g/mol. The summed E-state index contributed by atoms with van der Waals surface area (Å²) < 4.78 is 5.65. The second-order valence-corrected chi connectivity index (χ2v) is 4.89.